The number of benzene rings is 1. The van der Waals surface area contributed by atoms with Crippen LogP contribution in [0, 0.1) is 19.8 Å². The summed E-state index contributed by atoms with van der Waals surface area (Å²) in [6.45, 7) is 10.3. The van der Waals surface area contributed by atoms with Gasteiger partial charge in [0.05, 0.1) is 0 Å². The van der Waals surface area contributed by atoms with E-state index >= 15 is 0 Å². The Balaban J connectivity index is 1.96. The highest BCUT2D eigenvalue weighted by atomic mass is 32.2. The van der Waals surface area contributed by atoms with Crippen LogP contribution in [0.15, 0.2) is 22.5 Å². The molecule has 0 unspecified atom stereocenters. The third kappa shape index (κ3) is 6.01. The molecule has 0 bridgehead atoms. The molecule has 0 radical (unpaired) electrons. The van der Waals surface area contributed by atoms with Crippen molar-refractivity contribution in [3.8, 4) is 5.75 Å². The van der Waals surface area contributed by atoms with Gasteiger partial charge in [-0.2, -0.15) is 0 Å². The monoisotopic (exact) mass is 379 g/mol. The maximum absolute atomic E-state index is 12.5. The maximum atomic E-state index is 12.5. The molecule has 25 heavy (non-hydrogen) atoms. The number of ether oxygens (including phenoxy) is 1. The second kappa shape index (κ2) is 9.20. The Morgan fingerprint density at radius 3 is 2.68 bits per heavy atom. The molecule has 0 aliphatic carbocycles. The van der Waals surface area contributed by atoms with Crippen LogP contribution in [-0.2, 0) is 4.79 Å². The Labute approximate surface area is 157 Å². The highest BCUT2D eigenvalue weighted by Gasteiger charge is 2.20. The van der Waals surface area contributed by atoms with Crippen molar-refractivity contribution in [3.63, 3.8) is 0 Å². The van der Waals surface area contributed by atoms with Crippen molar-refractivity contribution in [1.29, 1.82) is 0 Å². The third-order valence-corrected chi connectivity index (χ3v) is 6.00. The smallest absolute Gasteiger partial charge is 0.267 e. The summed E-state index contributed by atoms with van der Waals surface area (Å²) in [4.78, 5) is 12.5. The number of aromatic nitrogens is 2. The molecule has 0 fully saturated rings. The molecular weight excluding hydrogens is 354 g/mol. The molecular formula is C18H25N3O2S2. The number of carbonyl (C=O) groups excluding carboxylic acids is 1. The molecule has 2 aromatic rings. The summed E-state index contributed by atoms with van der Waals surface area (Å²) in [5.74, 6) is 2.08. The highest BCUT2D eigenvalue weighted by Crippen LogP contribution is 2.27. The standard InChI is InChI=1S/C18H25N3O2S2/c1-6-15(23-14-8-7-12(4)13(5)9-14)16(22)19-17-20-21-18(25-17)24-10-11(2)3/h7-9,11,15H,6,10H2,1-5H3,(H,19,20,22)/t15-/m1/s1. The number of hydrogen-bond donors (Lipinski definition) is 1. The van der Waals surface area contributed by atoms with Crippen molar-refractivity contribution >= 4 is 34.1 Å². The van der Waals surface area contributed by atoms with E-state index in [1.54, 1.807) is 11.8 Å². The first-order chi connectivity index (χ1) is 11.9. The molecule has 1 atom stereocenters. The second-order valence-corrected chi connectivity index (χ2v) is 8.57. The number of hydrogen-bond acceptors (Lipinski definition) is 6. The quantitative estimate of drug-likeness (QED) is 0.532. The van der Waals surface area contributed by atoms with Crippen LogP contribution < -0.4 is 10.1 Å². The fourth-order valence-corrected chi connectivity index (χ4v) is 3.75. The number of nitrogens with one attached hydrogen (secondary N) is 1. The lowest BCUT2D eigenvalue weighted by Crippen LogP contribution is -2.32. The molecule has 2 rings (SSSR count). The normalized spacial score (nSPS) is 12.2. The summed E-state index contributed by atoms with van der Waals surface area (Å²) >= 11 is 3.05. The molecule has 1 aromatic carbocycles. The van der Waals surface area contributed by atoms with Crippen molar-refractivity contribution in [3.05, 3.63) is 29.3 Å². The van der Waals surface area contributed by atoms with Gasteiger partial charge < -0.3 is 4.74 Å². The van der Waals surface area contributed by atoms with E-state index in [-0.39, 0.29) is 5.91 Å². The van der Waals surface area contributed by atoms with Crippen LogP contribution in [0.25, 0.3) is 0 Å². The molecule has 0 aliphatic heterocycles. The number of anilines is 1. The first-order valence-corrected chi connectivity index (χ1v) is 10.2. The predicted octanol–water partition coefficient (Wildman–Crippen LogP) is 4.70. The Morgan fingerprint density at radius 2 is 2.04 bits per heavy atom. The van der Waals surface area contributed by atoms with Gasteiger partial charge in [0.1, 0.15) is 5.75 Å². The molecule has 1 heterocycles. The van der Waals surface area contributed by atoms with E-state index in [1.165, 1.54) is 16.9 Å². The first kappa shape index (κ1) is 19.7. The maximum Gasteiger partial charge on any atom is 0.267 e. The van der Waals surface area contributed by atoms with Gasteiger partial charge >= 0.3 is 0 Å². The lowest BCUT2D eigenvalue weighted by molar-refractivity contribution is -0.122. The Morgan fingerprint density at radius 1 is 1.28 bits per heavy atom. The molecule has 0 spiro atoms. The van der Waals surface area contributed by atoms with Crippen molar-refractivity contribution in [1.82, 2.24) is 10.2 Å². The van der Waals surface area contributed by atoms with Crippen LogP contribution in [0.2, 0.25) is 0 Å². The Hall–Kier alpha value is -1.60. The SMILES string of the molecule is CC[C@@H](Oc1ccc(C)c(C)c1)C(=O)Nc1nnc(SCC(C)C)s1. The van der Waals surface area contributed by atoms with Crippen molar-refractivity contribution < 1.29 is 9.53 Å². The van der Waals surface area contributed by atoms with E-state index in [1.807, 2.05) is 39.0 Å². The van der Waals surface area contributed by atoms with Crippen LogP contribution >= 0.6 is 23.1 Å². The number of carbonyl (C=O) groups is 1. The minimum Gasteiger partial charge on any atom is -0.481 e. The van der Waals surface area contributed by atoms with Gasteiger partial charge in [0.25, 0.3) is 5.91 Å². The molecule has 0 saturated carbocycles. The van der Waals surface area contributed by atoms with Gasteiger partial charge in [0, 0.05) is 5.75 Å². The minimum absolute atomic E-state index is 0.197. The van der Waals surface area contributed by atoms with Crippen molar-refractivity contribution in [2.45, 2.75) is 51.5 Å². The summed E-state index contributed by atoms with van der Waals surface area (Å²) < 4.78 is 6.73. The molecule has 5 nitrogen and oxygen atoms in total. The molecule has 1 N–H and O–H groups in total. The van der Waals surface area contributed by atoms with Crippen molar-refractivity contribution in [2.24, 2.45) is 5.92 Å². The summed E-state index contributed by atoms with van der Waals surface area (Å²) in [5.41, 5.74) is 2.34. The van der Waals surface area contributed by atoms with Crippen molar-refractivity contribution in [2.75, 3.05) is 11.1 Å². The lowest BCUT2D eigenvalue weighted by atomic mass is 10.1. The number of thioether (sulfide) groups is 1. The predicted molar refractivity (Wildman–Crippen MR) is 105 cm³/mol. The van der Waals surface area contributed by atoms with Crippen LogP contribution in [0.1, 0.15) is 38.3 Å². The van der Waals surface area contributed by atoms with Gasteiger partial charge in [-0.05, 0) is 49.4 Å². The average Bonchev–Trinajstić information content (AvgIpc) is 3.01. The minimum atomic E-state index is -0.558. The van der Waals surface area contributed by atoms with E-state index in [0.29, 0.717) is 23.2 Å². The largest absolute Gasteiger partial charge is 0.481 e. The van der Waals surface area contributed by atoms with E-state index in [2.05, 4.69) is 29.4 Å². The number of aryl methyl sites for hydroxylation is 2. The highest BCUT2D eigenvalue weighted by molar-refractivity contribution is 8.01. The topological polar surface area (TPSA) is 64.1 Å². The van der Waals surface area contributed by atoms with Crippen LogP contribution in [0.4, 0.5) is 5.13 Å². The van der Waals surface area contributed by atoms with E-state index in [0.717, 1.165) is 15.7 Å². The fraction of sp³-hybridized carbons (Fsp3) is 0.500. The van der Waals surface area contributed by atoms with E-state index in [4.69, 9.17) is 4.74 Å². The van der Waals surface area contributed by atoms with Gasteiger partial charge in [-0.1, -0.05) is 49.9 Å². The molecule has 0 saturated heterocycles. The second-order valence-electron chi connectivity index (χ2n) is 6.33. The molecule has 7 heteroatoms. The fourth-order valence-electron chi connectivity index (χ4n) is 2.02. The van der Waals surface area contributed by atoms with E-state index in [9.17, 15) is 4.79 Å². The zero-order chi connectivity index (χ0) is 18.4. The van der Waals surface area contributed by atoms with Crippen LogP contribution in [-0.4, -0.2) is 28.0 Å². The Kier molecular flexibility index (Phi) is 7.25. The molecule has 1 aromatic heterocycles. The Bertz CT molecular complexity index is 716. The van der Waals surface area contributed by atoms with Gasteiger partial charge in [-0.15, -0.1) is 10.2 Å². The molecule has 1 amide bonds. The van der Waals surface area contributed by atoms with Crippen LogP contribution in [0.3, 0.4) is 0 Å². The lowest BCUT2D eigenvalue weighted by Gasteiger charge is -2.17. The molecule has 0 aliphatic rings. The number of amides is 1. The van der Waals surface area contributed by atoms with Gasteiger partial charge in [0.2, 0.25) is 5.13 Å². The third-order valence-electron chi connectivity index (χ3n) is 3.60. The number of nitrogens with zero attached hydrogens (tertiary/aromatic N) is 2. The summed E-state index contributed by atoms with van der Waals surface area (Å²) in [5, 5.41) is 11.5. The average molecular weight is 380 g/mol. The zero-order valence-electron chi connectivity index (χ0n) is 15.3. The summed E-state index contributed by atoms with van der Waals surface area (Å²) in [6, 6.07) is 5.85. The summed E-state index contributed by atoms with van der Waals surface area (Å²) in [6.07, 6.45) is 0.0183. The van der Waals surface area contributed by atoms with E-state index < -0.39 is 6.10 Å². The van der Waals surface area contributed by atoms with Gasteiger partial charge in [-0.25, -0.2) is 0 Å². The molecule has 136 valence electrons. The summed E-state index contributed by atoms with van der Waals surface area (Å²) in [7, 11) is 0. The van der Waals surface area contributed by atoms with Crippen LogP contribution in [0.5, 0.6) is 5.75 Å². The first-order valence-electron chi connectivity index (χ1n) is 8.40. The van der Waals surface area contributed by atoms with Gasteiger partial charge in [0.15, 0.2) is 10.4 Å². The zero-order valence-corrected chi connectivity index (χ0v) is 17.0. The number of rotatable bonds is 8. The van der Waals surface area contributed by atoms with Gasteiger partial charge in [-0.3, -0.25) is 10.1 Å².